The molecule has 1 rings (SSSR count). The van der Waals surface area contributed by atoms with Crippen molar-refractivity contribution in [1.29, 1.82) is 0 Å². The zero-order valence-corrected chi connectivity index (χ0v) is 11.4. The third kappa shape index (κ3) is 5.91. The highest BCUT2D eigenvalue weighted by molar-refractivity contribution is 5.77. The van der Waals surface area contributed by atoms with Crippen LogP contribution in [-0.2, 0) is 0 Å². The Morgan fingerprint density at radius 2 is 2.06 bits per heavy atom. The van der Waals surface area contributed by atoms with Crippen molar-refractivity contribution in [3.8, 4) is 0 Å². The van der Waals surface area contributed by atoms with Gasteiger partial charge in [-0.25, -0.2) is 0 Å². The molecule has 0 amide bonds. The van der Waals surface area contributed by atoms with Crippen LogP contribution in [0.4, 0.5) is 0 Å². The van der Waals surface area contributed by atoms with Crippen LogP contribution < -0.4 is 11.1 Å². The first-order valence-electron chi connectivity index (χ1n) is 6.98. The molecule has 0 aromatic carbocycles. The Morgan fingerprint density at radius 3 is 2.71 bits per heavy atom. The van der Waals surface area contributed by atoms with Gasteiger partial charge in [-0.1, -0.05) is 26.2 Å². The standard InChI is InChI=1S/C13H28N4/c1-3-9-15-13(14)16-10-11-17(2)12-7-5-4-6-8-12/h12H,3-11H2,1-2H3,(H3,14,15,16). The smallest absolute Gasteiger partial charge is 0.188 e. The Labute approximate surface area is 106 Å². The predicted octanol–water partition coefficient (Wildman–Crippen LogP) is 1.57. The van der Waals surface area contributed by atoms with Crippen molar-refractivity contribution < 1.29 is 0 Å². The molecule has 0 saturated heterocycles. The molecule has 1 aliphatic rings. The highest BCUT2D eigenvalue weighted by atomic mass is 15.2. The second-order valence-corrected chi connectivity index (χ2v) is 4.97. The van der Waals surface area contributed by atoms with E-state index in [9.17, 15) is 0 Å². The van der Waals surface area contributed by atoms with Gasteiger partial charge < -0.3 is 16.0 Å². The highest BCUT2D eigenvalue weighted by Crippen LogP contribution is 2.20. The number of nitrogens with two attached hydrogens (primary N) is 1. The molecule has 1 saturated carbocycles. The van der Waals surface area contributed by atoms with E-state index >= 15 is 0 Å². The van der Waals surface area contributed by atoms with Crippen LogP contribution in [-0.4, -0.2) is 43.6 Å². The molecule has 0 aromatic heterocycles. The molecule has 17 heavy (non-hydrogen) atoms. The van der Waals surface area contributed by atoms with Gasteiger partial charge in [0.05, 0.1) is 0 Å². The summed E-state index contributed by atoms with van der Waals surface area (Å²) in [5.41, 5.74) is 5.74. The number of rotatable bonds is 6. The summed E-state index contributed by atoms with van der Waals surface area (Å²) < 4.78 is 0. The van der Waals surface area contributed by atoms with E-state index in [-0.39, 0.29) is 0 Å². The summed E-state index contributed by atoms with van der Waals surface area (Å²) in [6, 6.07) is 0.777. The summed E-state index contributed by atoms with van der Waals surface area (Å²) in [6.45, 7) is 4.87. The van der Waals surface area contributed by atoms with Crippen LogP contribution in [0, 0.1) is 0 Å². The minimum absolute atomic E-state index is 0.587. The number of aliphatic imine (C=N–C) groups is 1. The van der Waals surface area contributed by atoms with E-state index in [4.69, 9.17) is 5.73 Å². The van der Waals surface area contributed by atoms with Crippen LogP contribution in [0.15, 0.2) is 4.99 Å². The molecule has 0 heterocycles. The summed E-state index contributed by atoms with van der Waals surface area (Å²) in [6.07, 6.45) is 7.96. The van der Waals surface area contributed by atoms with Crippen molar-refractivity contribution in [2.75, 3.05) is 26.7 Å². The van der Waals surface area contributed by atoms with Gasteiger partial charge in [-0.15, -0.1) is 0 Å². The molecule has 4 heteroatoms. The minimum Gasteiger partial charge on any atom is -0.370 e. The SMILES string of the molecule is CCCN=C(N)NCCN(C)C1CCCCC1. The fraction of sp³-hybridized carbons (Fsp3) is 0.923. The largest absolute Gasteiger partial charge is 0.370 e. The molecule has 100 valence electrons. The summed E-state index contributed by atoms with van der Waals surface area (Å²) >= 11 is 0. The molecule has 0 bridgehead atoms. The predicted molar refractivity (Wildman–Crippen MR) is 74.3 cm³/mol. The van der Waals surface area contributed by atoms with Crippen LogP contribution in [0.25, 0.3) is 0 Å². The molecular formula is C13H28N4. The van der Waals surface area contributed by atoms with Gasteiger partial charge >= 0.3 is 0 Å². The first kappa shape index (κ1) is 14.3. The molecule has 4 nitrogen and oxygen atoms in total. The normalized spacial score (nSPS) is 18.6. The molecule has 0 atom stereocenters. The fourth-order valence-electron chi connectivity index (χ4n) is 2.35. The van der Waals surface area contributed by atoms with Gasteiger partial charge in [0.1, 0.15) is 0 Å². The monoisotopic (exact) mass is 240 g/mol. The molecule has 0 aromatic rings. The van der Waals surface area contributed by atoms with E-state index in [1.165, 1.54) is 32.1 Å². The molecule has 1 fully saturated rings. The molecule has 0 aliphatic heterocycles. The number of hydrogen-bond donors (Lipinski definition) is 2. The zero-order valence-electron chi connectivity index (χ0n) is 11.4. The van der Waals surface area contributed by atoms with Gasteiger partial charge in [0.25, 0.3) is 0 Å². The summed E-state index contributed by atoms with van der Waals surface area (Å²) in [7, 11) is 2.22. The lowest BCUT2D eigenvalue weighted by Gasteiger charge is -2.31. The van der Waals surface area contributed by atoms with E-state index in [0.717, 1.165) is 32.1 Å². The molecule has 0 unspecified atom stereocenters. The number of likely N-dealkylation sites (N-methyl/N-ethyl adjacent to an activating group) is 1. The van der Waals surface area contributed by atoms with Crippen molar-refractivity contribution in [3.63, 3.8) is 0 Å². The Hall–Kier alpha value is -0.770. The van der Waals surface area contributed by atoms with Gasteiger partial charge in [-0.3, -0.25) is 4.99 Å². The van der Waals surface area contributed by atoms with Crippen molar-refractivity contribution in [1.82, 2.24) is 10.2 Å². The number of nitrogens with one attached hydrogen (secondary N) is 1. The third-order valence-electron chi connectivity index (χ3n) is 3.47. The van der Waals surface area contributed by atoms with Crippen LogP contribution >= 0.6 is 0 Å². The van der Waals surface area contributed by atoms with E-state index in [1.807, 2.05) is 0 Å². The maximum atomic E-state index is 5.74. The molecule has 0 radical (unpaired) electrons. The summed E-state index contributed by atoms with van der Waals surface area (Å²) in [5.74, 6) is 0.587. The second-order valence-electron chi connectivity index (χ2n) is 4.97. The Kier molecular flexibility index (Phi) is 7.01. The summed E-state index contributed by atoms with van der Waals surface area (Å²) in [5, 5.41) is 3.17. The zero-order chi connectivity index (χ0) is 12.5. The minimum atomic E-state index is 0.587. The average Bonchev–Trinajstić information content (AvgIpc) is 2.37. The lowest BCUT2D eigenvalue weighted by Crippen LogP contribution is -2.41. The van der Waals surface area contributed by atoms with Gasteiger partial charge in [-0.05, 0) is 26.3 Å². The van der Waals surface area contributed by atoms with E-state index in [1.54, 1.807) is 0 Å². The van der Waals surface area contributed by atoms with Gasteiger partial charge in [0, 0.05) is 25.7 Å². The molecular weight excluding hydrogens is 212 g/mol. The molecule has 1 aliphatic carbocycles. The van der Waals surface area contributed by atoms with E-state index in [2.05, 4.69) is 29.2 Å². The lowest BCUT2D eigenvalue weighted by molar-refractivity contribution is 0.194. The van der Waals surface area contributed by atoms with Crippen molar-refractivity contribution in [2.24, 2.45) is 10.7 Å². The number of guanidine groups is 1. The lowest BCUT2D eigenvalue weighted by atomic mass is 9.94. The highest BCUT2D eigenvalue weighted by Gasteiger charge is 2.17. The molecule has 0 spiro atoms. The van der Waals surface area contributed by atoms with Crippen LogP contribution in [0.5, 0.6) is 0 Å². The summed E-state index contributed by atoms with van der Waals surface area (Å²) in [4.78, 5) is 6.67. The van der Waals surface area contributed by atoms with Crippen LogP contribution in [0.2, 0.25) is 0 Å². The van der Waals surface area contributed by atoms with Crippen molar-refractivity contribution in [2.45, 2.75) is 51.5 Å². The van der Waals surface area contributed by atoms with Crippen LogP contribution in [0.3, 0.4) is 0 Å². The fourth-order valence-corrected chi connectivity index (χ4v) is 2.35. The van der Waals surface area contributed by atoms with E-state index in [0.29, 0.717) is 5.96 Å². The third-order valence-corrected chi connectivity index (χ3v) is 3.47. The van der Waals surface area contributed by atoms with Crippen LogP contribution in [0.1, 0.15) is 45.4 Å². The quantitative estimate of drug-likeness (QED) is 0.547. The maximum Gasteiger partial charge on any atom is 0.188 e. The maximum absolute atomic E-state index is 5.74. The Bertz CT molecular complexity index is 221. The van der Waals surface area contributed by atoms with E-state index < -0.39 is 0 Å². The Balaban J connectivity index is 2.12. The van der Waals surface area contributed by atoms with Crippen molar-refractivity contribution in [3.05, 3.63) is 0 Å². The second kappa shape index (κ2) is 8.34. The van der Waals surface area contributed by atoms with Gasteiger partial charge in [-0.2, -0.15) is 0 Å². The van der Waals surface area contributed by atoms with Crippen molar-refractivity contribution >= 4 is 5.96 Å². The van der Waals surface area contributed by atoms with Gasteiger partial charge in [0.15, 0.2) is 5.96 Å². The first-order chi connectivity index (χ1) is 8.24. The number of hydrogen-bond acceptors (Lipinski definition) is 2. The topological polar surface area (TPSA) is 53.6 Å². The van der Waals surface area contributed by atoms with Gasteiger partial charge in [0.2, 0.25) is 0 Å². The first-order valence-corrected chi connectivity index (χ1v) is 6.98. The number of nitrogens with zero attached hydrogens (tertiary/aromatic N) is 2. The average molecular weight is 240 g/mol. The molecule has 3 N–H and O–H groups in total. The Morgan fingerprint density at radius 1 is 1.35 bits per heavy atom.